The second-order valence-corrected chi connectivity index (χ2v) is 14.6. The largest absolute Gasteiger partial charge is 0.481 e. The topological polar surface area (TPSA) is 150 Å². The maximum absolute atomic E-state index is 12.8. The van der Waals surface area contributed by atoms with Gasteiger partial charge in [0.05, 0.1) is 32.2 Å². The van der Waals surface area contributed by atoms with Crippen molar-refractivity contribution in [2.45, 2.75) is 129 Å². The van der Waals surface area contributed by atoms with E-state index in [9.17, 15) is 19.8 Å². The van der Waals surface area contributed by atoms with Crippen LogP contribution in [-0.2, 0) is 38.0 Å². The molecule has 0 aromatic rings. The molecular formula is C34H52O11. The van der Waals surface area contributed by atoms with Gasteiger partial charge in [-0.1, -0.05) is 44.9 Å². The molecule has 5 aliphatic rings. The fourth-order valence-electron chi connectivity index (χ4n) is 8.30. The molecule has 0 spiro atoms. The SMILES string of the molecule is COC[C@H]1CC[C@@H]2/C1=C\[C@@]1(C)CCC(C(C)C)=C1[C@@H](O[C@@H]1O[C@@H]3COC(C)(C)OC3C(O)C1OC(=O)CCC(=O)O)[C@H](O)[C@@H]2C. The fraction of sp³-hybridized carbons (Fsp3) is 0.824. The highest BCUT2D eigenvalue weighted by molar-refractivity contribution is 5.76. The lowest BCUT2D eigenvalue weighted by molar-refractivity contribution is -0.387. The zero-order valence-corrected chi connectivity index (χ0v) is 27.7. The first-order valence-corrected chi connectivity index (χ1v) is 16.5. The maximum Gasteiger partial charge on any atom is 0.306 e. The van der Waals surface area contributed by atoms with Crippen molar-refractivity contribution >= 4 is 11.9 Å². The highest BCUT2D eigenvalue weighted by atomic mass is 16.8. The molecule has 2 aliphatic heterocycles. The Morgan fingerprint density at radius 3 is 2.51 bits per heavy atom. The van der Waals surface area contributed by atoms with Gasteiger partial charge in [-0.05, 0) is 62.9 Å². The number of carbonyl (C=O) groups is 2. The van der Waals surface area contributed by atoms with E-state index in [-0.39, 0.29) is 36.2 Å². The van der Waals surface area contributed by atoms with Crippen molar-refractivity contribution in [1.82, 2.24) is 0 Å². The molecule has 3 unspecified atom stereocenters. The summed E-state index contributed by atoms with van der Waals surface area (Å²) in [5.41, 5.74) is 3.20. The van der Waals surface area contributed by atoms with Gasteiger partial charge in [0.1, 0.15) is 24.4 Å². The minimum Gasteiger partial charge on any atom is -0.481 e. The van der Waals surface area contributed by atoms with Gasteiger partial charge in [-0.15, -0.1) is 0 Å². The average molecular weight is 637 g/mol. The van der Waals surface area contributed by atoms with Crippen molar-refractivity contribution in [3.63, 3.8) is 0 Å². The van der Waals surface area contributed by atoms with Crippen molar-refractivity contribution in [3.05, 3.63) is 22.8 Å². The molecule has 3 aliphatic carbocycles. The summed E-state index contributed by atoms with van der Waals surface area (Å²) in [5, 5.41) is 32.9. The van der Waals surface area contributed by atoms with Crippen LogP contribution < -0.4 is 0 Å². The third-order valence-corrected chi connectivity index (χ3v) is 10.6. The first-order valence-electron chi connectivity index (χ1n) is 16.5. The van der Waals surface area contributed by atoms with Gasteiger partial charge >= 0.3 is 11.9 Å². The number of rotatable bonds is 9. The number of carboxylic acid groups (broad SMARTS) is 1. The summed E-state index contributed by atoms with van der Waals surface area (Å²) in [6, 6.07) is 0. The summed E-state index contributed by atoms with van der Waals surface area (Å²) in [6.07, 6.45) is -1.99. The van der Waals surface area contributed by atoms with Gasteiger partial charge in [-0.25, -0.2) is 0 Å². The van der Waals surface area contributed by atoms with Gasteiger partial charge in [-0.2, -0.15) is 0 Å². The number of allylic oxidation sites excluding steroid dienone is 2. The second-order valence-electron chi connectivity index (χ2n) is 14.6. The lowest BCUT2D eigenvalue weighted by atomic mass is 9.68. The summed E-state index contributed by atoms with van der Waals surface area (Å²) in [5.74, 6) is -2.44. The normalized spacial score (nSPS) is 42.2. The van der Waals surface area contributed by atoms with Gasteiger partial charge in [0.2, 0.25) is 0 Å². The van der Waals surface area contributed by atoms with E-state index in [2.05, 4.69) is 33.8 Å². The Labute approximate surface area is 266 Å². The van der Waals surface area contributed by atoms with Crippen LogP contribution in [0, 0.1) is 29.1 Å². The predicted molar refractivity (Wildman–Crippen MR) is 162 cm³/mol. The number of aliphatic carboxylic acids is 1. The average Bonchev–Trinajstić information content (AvgIpc) is 3.51. The molecule has 11 heteroatoms. The van der Waals surface area contributed by atoms with E-state index in [1.807, 2.05) is 0 Å². The lowest BCUT2D eigenvalue weighted by Gasteiger charge is -2.50. The number of methoxy groups -OCH3 is 1. The van der Waals surface area contributed by atoms with Gasteiger partial charge < -0.3 is 43.7 Å². The number of ether oxygens (including phenoxy) is 6. The standard InChI is InChI=1S/C34H52O11/c1-17(2)20-12-13-34(6)14-22-19(15-40-7)8-9-21(22)18(3)27(38)30(26(20)34)44-32-31(43-25(37)11-10-24(35)36)28(39)29-23(42-32)16-41-33(4,5)45-29/h14,17-19,21,23,27-32,38-39H,8-13,15-16H2,1-7H3,(H,35,36)/b22-14-/t18-,19-,21+,23-,27-,28?,29?,30-,31?,32+,34-/m1/s1. The predicted octanol–water partition coefficient (Wildman–Crippen LogP) is 3.75. The zero-order valence-electron chi connectivity index (χ0n) is 27.7. The molecule has 0 amide bonds. The lowest BCUT2D eigenvalue weighted by Crippen LogP contribution is -2.66. The molecule has 0 radical (unpaired) electrons. The van der Waals surface area contributed by atoms with E-state index in [0.717, 1.165) is 31.3 Å². The molecule has 0 aromatic carbocycles. The number of aliphatic hydroxyl groups is 2. The maximum atomic E-state index is 12.8. The number of hydrogen-bond donors (Lipinski definition) is 3. The number of carboxylic acids is 1. The first kappa shape index (κ1) is 34.5. The van der Waals surface area contributed by atoms with Crippen LogP contribution in [0.4, 0.5) is 0 Å². The van der Waals surface area contributed by atoms with Gasteiger partial charge in [0.15, 0.2) is 18.2 Å². The summed E-state index contributed by atoms with van der Waals surface area (Å²) in [6.45, 7) is 12.8. The molecular weight excluding hydrogens is 584 g/mol. The van der Waals surface area contributed by atoms with Crippen LogP contribution in [0.1, 0.15) is 80.1 Å². The van der Waals surface area contributed by atoms with Crippen molar-refractivity contribution < 1.29 is 53.3 Å². The third kappa shape index (κ3) is 6.91. The highest BCUT2D eigenvalue weighted by Gasteiger charge is 2.56. The van der Waals surface area contributed by atoms with Gasteiger partial charge in [0, 0.05) is 18.4 Å². The number of aliphatic hydroxyl groups excluding tert-OH is 2. The van der Waals surface area contributed by atoms with E-state index in [1.165, 1.54) is 11.1 Å². The van der Waals surface area contributed by atoms with E-state index < -0.39 is 67.1 Å². The molecule has 5 rings (SSSR count). The van der Waals surface area contributed by atoms with Crippen LogP contribution >= 0.6 is 0 Å². The van der Waals surface area contributed by atoms with Crippen molar-refractivity contribution in [1.29, 1.82) is 0 Å². The van der Waals surface area contributed by atoms with Crippen LogP contribution in [0.3, 0.4) is 0 Å². The number of carbonyl (C=O) groups excluding carboxylic acids is 1. The molecule has 2 saturated heterocycles. The first-order chi connectivity index (χ1) is 21.2. The van der Waals surface area contributed by atoms with Crippen LogP contribution in [0.25, 0.3) is 0 Å². The number of hydrogen-bond acceptors (Lipinski definition) is 10. The molecule has 45 heavy (non-hydrogen) atoms. The van der Waals surface area contributed by atoms with E-state index in [0.29, 0.717) is 12.5 Å². The summed E-state index contributed by atoms with van der Waals surface area (Å²) < 4.78 is 36.3. The molecule has 1 saturated carbocycles. The molecule has 11 atom stereocenters. The molecule has 3 N–H and O–H groups in total. The second kappa shape index (κ2) is 13.3. The highest BCUT2D eigenvalue weighted by Crippen LogP contribution is 2.55. The van der Waals surface area contributed by atoms with E-state index in [4.69, 9.17) is 33.5 Å². The minimum absolute atomic E-state index is 0.116. The smallest absolute Gasteiger partial charge is 0.306 e. The van der Waals surface area contributed by atoms with Crippen molar-refractivity contribution in [2.24, 2.45) is 29.1 Å². The summed E-state index contributed by atoms with van der Waals surface area (Å²) >= 11 is 0. The Balaban J connectivity index is 1.53. The monoisotopic (exact) mass is 636 g/mol. The van der Waals surface area contributed by atoms with E-state index in [1.54, 1.807) is 21.0 Å². The van der Waals surface area contributed by atoms with Crippen LogP contribution in [0.5, 0.6) is 0 Å². The molecule has 2 heterocycles. The van der Waals surface area contributed by atoms with E-state index >= 15 is 0 Å². The Kier molecular flexibility index (Phi) is 10.2. The third-order valence-electron chi connectivity index (χ3n) is 10.6. The zero-order chi connectivity index (χ0) is 32.8. The molecule has 3 fully saturated rings. The van der Waals surface area contributed by atoms with Crippen LogP contribution in [0.2, 0.25) is 0 Å². The van der Waals surface area contributed by atoms with Crippen molar-refractivity contribution in [3.8, 4) is 0 Å². The minimum atomic E-state index is -1.35. The van der Waals surface area contributed by atoms with Crippen LogP contribution in [0.15, 0.2) is 22.8 Å². The quantitative estimate of drug-likeness (QED) is 0.251. The Morgan fingerprint density at radius 1 is 1.11 bits per heavy atom. The van der Waals surface area contributed by atoms with Crippen LogP contribution in [-0.4, -0.2) is 96.3 Å². The molecule has 11 nitrogen and oxygen atoms in total. The van der Waals surface area contributed by atoms with Crippen molar-refractivity contribution in [2.75, 3.05) is 20.3 Å². The Morgan fingerprint density at radius 2 is 1.84 bits per heavy atom. The Hall–Kier alpha value is -1.86. The molecule has 0 bridgehead atoms. The van der Waals surface area contributed by atoms with Gasteiger partial charge in [-0.3, -0.25) is 9.59 Å². The number of fused-ring (bicyclic) bond motifs is 3. The summed E-state index contributed by atoms with van der Waals surface area (Å²) in [4.78, 5) is 24.0. The summed E-state index contributed by atoms with van der Waals surface area (Å²) in [7, 11) is 1.73. The Bertz CT molecular complexity index is 1180. The molecule has 254 valence electrons. The fourth-order valence-corrected chi connectivity index (χ4v) is 8.30. The molecule has 0 aromatic heterocycles. The van der Waals surface area contributed by atoms with Gasteiger partial charge in [0.25, 0.3) is 0 Å². The number of esters is 1.